The molecule has 1 aromatic carbocycles. The molecule has 0 saturated carbocycles. The molecule has 0 radical (unpaired) electrons. The first kappa shape index (κ1) is 13.6. The number of aryl methyl sites for hydroxylation is 2. The topological polar surface area (TPSA) is 38.9 Å². The van der Waals surface area contributed by atoms with E-state index in [0.717, 1.165) is 31.0 Å². The van der Waals surface area contributed by atoms with Gasteiger partial charge >= 0.3 is 6.18 Å². The average Bonchev–Trinajstić information content (AvgIpc) is 2.97. The van der Waals surface area contributed by atoms with E-state index in [0.29, 0.717) is 5.01 Å². The molecule has 1 unspecified atom stereocenters. The second kappa shape index (κ2) is 4.86. The van der Waals surface area contributed by atoms with Gasteiger partial charge < -0.3 is 5.73 Å². The molecule has 20 heavy (non-hydrogen) atoms. The minimum Gasteiger partial charge on any atom is -0.318 e. The lowest BCUT2D eigenvalue weighted by Gasteiger charge is -2.16. The zero-order valence-electron chi connectivity index (χ0n) is 10.6. The van der Waals surface area contributed by atoms with E-state index in [1.54, 1.807) is 6.07 Å². The van der Waals surface area contributed by atoms with Gasteiger partial charge in [-0.3, -0.25) is 0 Å². The molecule has 0 bridgehead atoms. The fraction of sp³-hybridized carbons (Fsp3) is 0.357. The van der Waals surface area contributed by atoms with Gasteiger partial charge in [-0.05, 0) is 30.9 Å². The van der Waals surface area contributed by atoms with Gasteiger partial charge in [-0.1, -0.05) is 18.2 Å². The van der Waals surface area contributed by atoms with Crippen molar-refractivity contribution in [2.75, 3.05) is 0 Å². The van der Waals surface area contributed by atoms with Crippen LogP contribution in [0.5, 0.6) is 0 Å². The van der Waals surface area contributed by atoms with Gasteiger partial charge in [-0.25, -0.2) is 4.98 Å². The van der Waals surface area contributed by atoms with Crippen molar-refractivity contribution in [2.24, 2.45) is 5.73 Å². The van der Waals surface area contributed by atoms with Crippen molar-refractivity contribution in [2.45, 2.75) is 31.5 Å². The van der Waals surface area contributed by atoms with Crippen LogP contribution in [0.1, 0.15) is 39.2 Å². The first-order valence-corrected chi connectivity index (χ1v) is 7.18. The lowest BCUT2D eigenvalue weighted by molar-refractivity contribution is -0.138. The lowest BCUT2D eigenvalue weighted by atomic mass is 10.0. The van der Waals surface area contributed by atoms with E-state index in [1.807, 2.05) is 0 Å². The highest BCUT2D eigenvalue weighted by molar-refractivity contribution is 7.11. The molecule has 2 N–H and O–H groups in total. The quantitative estimate of drug-likeness (QED) is 0.918. The molecule has 1 heterocycles. The summed E-state index contributed by atoms with van der Waals surface area (Å²) in [5, 5.41) is 0.575. The van der Waals surface area contributed by atoms with Crippen molar-refractivity contribution in [3.05, 3.63) is 51.0 Å². The largest absolute Gasteiger partial charge is 0.416 e. The van der Waals surface area contributed by atoms with Gasteiger partial charge in [-0.2, -0.15) is 13.2 Å². The third-order valence-corrected chi connectivity index (χ3v) is 4.72. The van der Waals surface area contributed by atoms with Gasteiger partial charge in [0.15, 0.2) is 0 Å². The van der Waals surface area contributed by atoms with Crippen LogP contribution in [-0.4, -0.2) is 4.98 Å². The average molecular weight is 298 g/mol. The van der Waals surface area contributed by atoms with Crippen LogP contribution < -0.4 is 5.73 Å². The number of benzene rings is 1. The number of fused-ring (bicyclic) bond motifs is 1. The summed E-state index contributed by atoms with van der Waals surface area (Å²) in [4.78, 5) is 5.58. The van der Waals surface area contributed by atoms with Gasteiger partial charge in [0.05, 0.1) is 17.3 Å². The Labute approximate surface area is 118 Å². The Kier molecular flexibility index (Phi) is 3.30. The van der Waals surface area contributed by atoms with Gasteiger partial charge in [0, 0.05) is 4.88 Å². The third-order valence-electron chi connectivity index (χ3n) is 3.48. The molecule has 2 nitrogen and oxygen atoms in total. The maximum Gasteiger partial charge on any atom is 0.416 e. The van der Waals surface area contributed by atoms with E-state index < -0.39 is 17.8 Å². The van der Waals surface area contributed by atoms with E-state index in [4.69, 9.17) is 5.73 Å². The van der Waals surface area contributed by atoms with Crippen molar-refractivity contribution < 1.29 is 13.2 Å². The Hall–Kier alpha value is -1.40. The number of halogens is 3. The van der Waals surface area contributed by atoms with Crippen molar-refractivity contribution in [3.8, 4) is 0 Å². The standard InChI is InChI=1S/C14H13F3N2S/c15-14(16,17)9-5-2-1-4-8(9)12(18)13-19-10-6-3-7-11(10)20-13/h1-2,4-5,12H,3,6-7,18H2. The molecular weight excluding hydrogens is 285 g/mol. The zero-order chi connectivity index (χ0) is 14.3. The van der Waals surface area contributed by atoms with E-state index in [2.05, 4.69) is 4.98 Å². The maximum absolute atomic E-state index is 13.0. The number of hydrogen-bond donors (Lipinski definition) is 1. The summed E-state index contributed by atoms with van der Waals surface area (Å²) < 4.78 is 39.0. The zero-order valence-corrected chi connectivity index (χ0v) is 11.4. The monoisotopic (exact) mass is 298 g/mol. The molecule has 3 rings (SSSR count). The normalized spacial score (nSPS) is 16.2. The van der Waals surface area contributed by atoms with Crippen LogP contribution in [0, 0.1) is 0 Å². The Morgan fingerprint density at radius 1 is 1.20 bits per heavy atom. The van der Waals surface area contributed by atoms with Crippen LogP contribution in [0.2, 0.25) is 0 Å². The minimum absolute atomic E-state index is 0.0902. The number of rotatable bonds is 2. The molecule has 0 fully saturated rings. The van der Waals surface area contributed by atoms with Crippen LogP contribution in [0.15, 0.2) is 24.3 Å². The summed E-state index contributed by atoms with van der Waals surface area (Å²) in [6.07, 6.45) is -1.46. The molecular formula is C14H13F3N2S. The molecule has 1 aliphatic rings. The Morgan fingerprint density at radius 2 is 1.95 bits per heavy atom. The van der Waals surface area contributed by atoms with E-state index >= 15 is 0 Å². The molecule has 2 aromatic rings. The Morgan fingerprint density at radius 3 is 2.65 bits per heavy atom. The van der Waals surface area contributed by atoms with Gasteiger partial charge in [0.1, 0.15) is 5.01 Å². The summed E-state index contributed by atoms with van der Waals surface area (Å²) in [7, 11) is 0. The summed E-state index contributed by atoms with van der Waals surface area (Å²) in [5.74, 6) is 0. The van der Waals surface area contributed by atoms with Crippen molar-refractivity contribution in [1.29, 1.82) is 0 Å². The smallest absolute Gasteiger partial charge is 0.318 e. The van der Waals surface area contributed by atoms with Crippen LogP contribution in [0.25, 0.3) is 0 Å². The number of aromatic nitrogens is 1. The highest BCUT2D eigenvalue weighted by Gasteiger charge is 2.35. The molecule has 0 spiro atoms. The highest BCUT2D eigenvalue weighted by atomic mass is 32.1. The summed E-state index contributed by atoms with van der Waals surface area (Å²) in [5.41, 5.74) is 6.44. The summed E-state index contributed by atoms with van der Waals surface area (Å²) >= 11 is 1.44. The van der Waals surface area contributed by atoms with Crippen LogP contribution in [-0.2, 0) is 19.0 Å². The van der Waals surface area contributed by atoms with E-state index in [-0.39, 0.29) is 5.56 Å². The molecule has 0 amide bonds. The van der Waals surface area contributed by atoms with Crippen LogP contribution in [0.3, 0.4) is 0 Å². The first-order chi connectivity index (χ1) is 9.47. The first-order valence-electron chi connectivity index (χ1n) is 6.37. The second-order valence-electron chi connectivity index (χ2n) is 4.84. The summed E-state index contributed by atoms with van der Waals surface area (Å²) in [6.45, 7) is 0. The number of thiazole rings is 1. The van der Waals surface area contributed by atoms with Crippen molar-refractivity contribution >= 4 is 11.3 Å². The van der Waals surface area contributed by atoms with Gasteiger partial charge in [0.2, 0.25) is 0 Å². The molecule has 106 valence electrons. The van der Waals surface area contributed by atoms with Gasteiger partial charge in [0.25, 0.3) is 0 Å². The fourth-order valence-corrected chi connectivity index (χ4v) is 3.68. The van der Waals surface area contributed by atoms with E-state index in [1.165, 1.54) is 28.3 Å². The van der Waals surface area contributed by atoms with Crippen molar-refractivity contribution in [1.82, 2.24) is 4.98 Å². The van der Waals surface area contributed by atoms with Crippen LogP contribution in [0.4, 0.5) is 13.2 Å². The highest BCUT2D eigenvalue weighted by Crippen LogP contribution is 2.38. The molecule has 0 aliphatic heterocycles. The number of hydrogen-bond acceptors (Lipinski definition) is 3. The fourth-order valence-electron chi connectivity index (χ4n) is 2.50. The predicted octanol–water partition coefficient (Wildman–Crippen LogP) is 3.70. The Bertz CT molecular complexity index is 612. The molecule has 1 atom stereocenters. The SMILES string of the molecule is NC(c1nc2c(s1)CCC2)c1ccccc1C(F)(F)F. The predicted molar refractivity (Wildman–Crippen MR) is 71.6 cm³/mol. The summed E-state index contributed by atoms with van der Waals surface area (Å²) in [6, 6.07) is 4.63. The number of nitrogens with zero attached hydrogens (tertiary/aromatic N) is 1. The van der Waals surface area contributed by atoms with Crippen LogP contribution >= 0.6 is 11.3 Å². The lowest BCUT2D eigenvalue weighted by Crippen LogP contribution is -2.18. The molecule has 1 aromatic heterocycles. The molecule has 1 aliphatic carbocycles. The number of alkyl halides is 3. The van der Waals surface area contributed by atoms with E-state index in [9.17, 15) is 13.2 Å². The van der Waals surface area contributed by atoms with Crippen molar-refractivity contribution in [3.63, 3.8) is 0 Å². The third kappa shape index (κ3) is 2.33. The molecule has 0 saturated heterocycles. The minimum atomic E-state index is -4.39. The maximum atomic E-state index is 13.0. The number of nitrogens with two attached hydrogens (primary N) is 1. The Balaban J connectivity index is 2.00. The second-order valence-corrected chi connectivity index (χ2v) is 5.95. The van der Waals surface area contributed by atoms with Gasteiger partial charge in [-0.15, -0.1) is 11.3 Å². The molecule has 6 heteroatoms.